The van der Waals surface area contributed by atoms with Gasteiger partial charge in [0.1, 0.15) is 5.75 Å². The van der Waals surface area contributed by atoms with E-state index in [-0.39, 0.29) is 5.97 Å². The fourth-order valence-corrected chi connectivity index (χ4v) is 1.94. The number of hydrogen-bond donors (Lipinski definition) is 1. The van der Waals surface area contributed by atoms with Crippen LogP contribution in [0.3, 0.4) is 0 Å². The molecule has 102 valence electrons. The fourth-order valence-electron chi connectivity index (χ4n) is 1.94. The van der Waals surface area contributed by atoms with Crippen molar-refractivity contribution in [2.75, 3.05) is 19.5 Å². The lowest BCUT2D eigenvalue weighted by atomic mass is 10.1. The van der Waals surface area contributed by atoms with Gasteiger partial charge in [-0.3, -0.25) is 0 Å². The van der Waals surface area contributed by atoms with Crippen LogP contribution < -0.4 is 10.1 Å². The van der Waals surface area contributed by atoms with Gasteiger partial charge in [0.2, 0.25) is 6.29 Å². The molecule has 1 N–H and O–H groups in total. The Labute approximate surface area is 112 Å². The van der Waals surface area contributed by atoms with Crippen molar-refractivity contribution in [3.05, 3.63) is 35.5 Å². The van der Waals surface area contributed by atoms with E-state index in [2.05, 4.69) is 5.32 Å². The van der Waals surface area contributed by atoms with Gasteiger partial charge >= 0.3 is 5.97 Å². The van der Waals surface area contributed by atoms with Crippen molar-refractivity contribution >= 4 is 11.7 Å². The summed E-state index contributed by atoms with van der Waals surface area (Å²) in [5.74, 6) is 0.447. The maximum absolute atomic E-state index is 11.7. The molecule has 0 unspecified atom stereocenters. The molecule has 0 spiro atoms. The van der Waals surface area contributed by atoms with E-state index in [1.54, 1.807) is 7.11 Å². The van der Waals surface area contributed by atoms with Gasteiger partial charge in [0.05, 0.1) is 18.4 Å². The molecule has 0 saturated carbocycles. The summed E-state index contributed by atoms with van der Waals surface area (Å²) in [6, 6.07) is 7.42. The molecule has 1 aromatic rings. The van der Waals surface area contributed by atoms with Crippen molar-refractivity contribution < 1.29 is 19.0 Å². The van der Waals surface area contributed by atoms with Crippen LogP contribution in [0, 0.1) is 0 Å². The molecule has 5 heteroatoms. The summed E-state index contributed by atoms with van der Waals surface area (Å²) < 4.78 is 15.4. The first-order valence-corrected chi connectivity index (χ1v) is 6.07. The Morgan fingerprint density at radius 3 is 2.47 bits per heavy atom. The molecule has 0 aromatic heterocycles. The molecule has 1 atom stereocenters. The van der Waals surface area contributed by atoms with Gasteiger partial charge in [-0.25, -0.2) is 4.79 Å². The number of anilines is 1. The van der Waals surface area contributed by atoms with E-state index in [1.165, 1.54) is 7.11 Å². The highest BCUT2D eigenvalue weighted by molar-refractivity contribution is 5.92. The van der Waals surface area contributed by atoms with E-state index in [0.717, 1.165) is 11.4 Å². The topological polar surface area (TPSA) is 56.8 Å². The predicted molar refractivity (Wildman–Crippen MR) is 70.8 cm³/mol. The molecule has 0 fully saturated rings. The summed E-state index contributed by atoms with van der Waals surface area (Å²) in [5, 5.41) is 3.18. The average molecular weight is 263 g/mol. The normalized spacial score (nSPS) is 18.5. The molecule has 1 heterocycles. The fraction of sp³-hybridized carbons (Fsp3) is 0.357. The zero-order valence-electron chi connectivity index (χ0n) is 11.2. The third kappa shape index (κ3) is 2.71. The molecule has 0 amide bonds. The molecule has 0 aliphatic carbocycles. The van der Waals surface area contributed by atoms with Gasteiger partial charge in [-0.1, -0.05) is 6.92 Å². The highest BCUT2D eigenvalue weighted by atomic mass is 16.7. The lowest BCUT2D eigenvalue weighted by Gasteiger charge is -2.14. The number of methoxy groups -OCH3 is 2. The zero-order chi connectivity index (χ0) is 13.8. The van der Waals surface area contributed by atoms with Gasteiger partial charge < -0.3 is 19.5 Å². The maximum atomic E-state index is 11.7. The van der Waals surface area contributed by atoms with Crippen LogP contribution in [0.2, 0.25) is 0 Å². The van der Waals surface area contributed by atoms with E-state index >= 15 is 0 Å². The first kappa shape index (κ1) is 13.4. The Morgan fingerprint density at radius 2 is 1.95 bits per heavy atom. The average Bonchev–Trinajstić information content (AvgIpc) is 2.75. The first-order chi connectivity index (χ1) is 9.19. The van der Waals surface area contributed by atoms with Crippen LogP contribution in [-0.2, 0) is 14.3 Å². The van der Waals surface area contributed by atoms with Crippen molar-refractivity contribution in [1.82, 2.24) is 0 Å². The van der Waals surface area contributed by atoms with Crippen LogP contribution >= 0.6 is 0 Å². The maximum Gasteiger partial charge on any atom is 0.338 e. The van der Waals surface area contributed by atoms with E-state index in [9.17, 15) is 4.79 Å². The van der Waals surface area contributed by atoms with Gasteiger partial charge in [0, 0.05) is 12.8 Å². The Hall–Kier alpha value is -2.01. The summed E-state index contributed by atoms with van der Waals surface area (Å²) in [5.41, 5.74) is 2.13. The minimum Gasteiger partial charge on any atom is -0.497 e. The summed E-state index contributed by atoms with van der Waals surface area (Å²) in [6.07, 6.45) is -0.0680. The SMILES string of the molecule is CCC1=C(Nc2ccc(OC)cc2)[C@H](OC)OC1=O. The number of ether oxygens (including phenoxy) is 3. The van der Waals surface area contributed by atoms with Crippen molar-refractivity contribution in [3.8, 4) is 5.75 Å². The van der Waals surface area contributed by atoms with Crippen LogP contribution in [0.1, 0.15) is 13.3 Å². The third-order valence-electron chi connectivity index (χ3n) is 2.96. The van der Waals surface area contributed by atoms with Crippen LogP contribution in [0.5, 0.6) is 5.75 Å². The zero-order valence-corrected chi connectivity index (χ0v) is 11.2. The van der Waals surface area contributed by atoms with Crippen LogP contribution in [0.4, 0.5) is 5.69 Å². The molecule has 5 nitrogen and oxygen atoms in total. The number of benzene rings is 1. The standard InChI is InChI=1S/C14H17NO4/c1-4-11-12(14(18-3)19-13(11)16)15-9-5-7-10(17-2)8-6-9/h5-8,14-15H,4H2,1-3H3/t14-/m1/s1. The Bertz CT molecular complexity index is 493. The smallest absolute Gasteiger partial charge is 0.338 e. The first-order valence-electron chi connectivity index (χ1n) is 6.07. The lowest BCUT2D eigenvalue weighted by Crippen LogP contribution is -2.18. The van der Waals surface area contributed by atoms with Gasteiger partial charge in [0.25, 0.3) is 0 Å². The third-order valence-corrected chi connectivity index (χ3v) is 2.96. The minimum atomic E-state index is -0.662. The number of esters is 1. The van der Waals surface area contributed by atoms with Crippen molar-refractivity contribution in [2.45, 2.75) is 19.6 Å². The second-order valence-corrected chi connectivity index (χ2v) is 4.07. The van der Waals surface area contributed by atoms with E-state index in [0.29, 0.717) is 17.7 Å². The van der Waals surface area contributed by atoms with Crippen molar-refractivity contribution in [3.63, 3.8) is 0 Å². The van der Waals surface area contributed by atoms with E-state index in [1.807, 2.05) is 31.2 Å². The highest BCUT2D eigenvalue weighted by Gasteiger charge is 2.33. The number of carbonyl (C=O) groups is 1. The Kier molecular flexibility index (Phi) is 4.06. The minimum absolute atomic E-state index is 0.328. The summed E-state index contributed by atoms with van der Waals surface area (Å²) >= 11 is 0. The predicted octanol–water partition coefficient (Wildman–Crippen LogP) is 2.30. The second-order valence-electron chi connectivity index (χ2n) is 4.07. The number of nitrogens with one attached hydrogen (secondary N) is 1. The van der Waals surface area contributed by atoms with Gasteiger partial charge in [-0.05, 0) is 30.7 Å². The van der Waals surface area contributed by atoms with Crippen molar-refractivity contribution in [1.29, 1.82) is 0 Å². The molecule has 0 radical (unpaired) electrons. The van der Waals surface area contributed by atoms with E-state index in [4.69, 9.17) is 14.2 Å². The molecule has 1 aliphatic rings. The lowest BCUT2D eigenvalue weighted by molar-refractivity contribution is -0.155. The molecule has 1 aliphatic heterocycles. The number of carbonyl (C=O) groups excluding carboxylic acids is 1. The quantitative estimate of drug-likeness (QED) is 0.826. The summed E-state index contributed by atoms with van der Waals surface area (Å²) in [6.45, 7) is 1.91. The van der Waals surface area contributed by atoms with E-state index < -0.39 is 6.29 Å². The monoisotopic (exact) mass is 263 g/mol. The summed E-state index contributed by atoms with van der Waals surface area (Å²) in [7, 11) is 3.12. The molecular weight excluding hydrogens is 246 g/mol. The van der Waals surface area contributed by atoms with Crippen LogP contribution in [0.25, 0.3) is 0 Å². The van der Waals surface area contributed by atoms with Gasteiger partial charge in [-0.15, -0.1) is 0 Å². The summed E-state index contributed by atoms with van der Waals surface area (Å²) in [4.78, 5) is 11.7. The number of hydrogen-bond acceptors (Lipinski definition) is 5. The van der Waals surface area contributed by atoms with Crippen molar-refractivity contribution in [2.24, 2.45) is 0 Å². The second kappa shape index (κ2) is 5.75. The molecule has 0 bridgehead atoms. The molecule has 2 rings (SSSR count). The van der Waals surface area contributed by atoms with Crippen LogP contribution in [0.15, 0.2) is 35.5 Å². The molecule has 19 heavy (non-hydrogen) atoms. The van der Waals surface area contributed by atoms with Crippen LogP contribution in [-0.4, -0.2) is 26.5 Å². The Morgan fingerprint density at radius 1 is 1.26 bits per heavy atom. The molecule has 0 saturated heterocycles. The number of rotatable bonds is 5. The van der Waals surface area contributed by atoms with Gasteiger partial charge in [-0.2, -0.15) is 0 Å². The molecular formula is C14H17NO4. The Balaban J connectivity index is 2.23. The number of cyclic esters (lactones) is 1. The largest absolute Gasteiger partial charge is 0.497 e. The molecule has 1 aromatic carbocycles. The van der Waals surface area contributed by atoms with Gasteiger partial charge in [0.15, 0.2) is 0 Å². The highest BCUT2D eigenvalue weighted by Crippen LogP contribution is 2.27.